The molecule has 0 saturated heterocycles. The van der Waals surface area contributed by atoms with Gasteiger partial charge in [0.1, 0.15) is 5.82 Å². The van der Waals surface area contributed by atoms with Crippen LogP contribution in [0.1, 0.15) is 17.3 Å². The van der Waals surface area contributed by atoms with Crippen molar-refractivity contribution in [2.45, 2.75) is 25.8 Å². The van der Waals surface area contributed by atoms with E-state index in [1.807, 2.05) is 23.1 Å². The van der Waals surface area contributed by atoms with Gasteiger partial charge in [-0.1, -0.05) is 6.07 Å². The summed E-state index contributed by atoms with van der Waals surface area (Å²) in [5.74, 6) is -0.565. The summed E-state index contributed by atoms with van der Waals surface area (Å²) < 4.78 is 39.3. The topological polar surface area (TPSA) is 46.8 Å². The minimum Gasteiger partial charge on any atom is -0.305 e. The highest BCUT2D eigenvalue weighted by Crippen LogP contribution is 2.29. The van der Waals surface area contributed by atoms with Gasteiger partial charge in [-0.15, -0.1) is 10.2 Å². The second-order valence-corrected chi connectivity index (χ2v) is 4.62. The van der Waals surface area contributed by atoms with E-state index in [4.69, 9.17) is 0 Å². The van der Waals surface area contributed by atoms with Crippen molar-refractivity contribution < 1.29 is 13.2 Å². The Kier molecular flexibility index (Phi) is 3.17. The van der Waals surface area contributed by atoms with Gasteiger partial charge in [0, 0.05) is 25.8 Å². The van der Waals surface area contributed by atoms with Crippen LogP contribution in [0.5, 0.6) is 0 Å². The van der Waals surface area contributed by atoms with Crippen LogP contribution >= 0.6 is 0 Å². The maximum atomic E-state index is 12.7. The SMILES string of the molecule is FC(F)(F)c1nnc2n1CCN(Cc1ccccn1)C2. The molecule has 0 radical (unpaired) electrons. The molecular weight excluding hydrogens is 271 g/mol. The highest BCUT2D eigenvalue weighted by atomic mass is 19.4. The van der Waals surface area contributed by atoms with Crippen LogP contribution in [0.25, 0.3) is 0 Å². The molecule has 5 nitrogen and oxygen atoms in total. The minimum atomic E-state index is -4.45. The molecule has 0 amide bonds. The molecule has 106 valence electrons. The second kappa shape index (κ2) is 4.86. The minimum absolute atomic E-state index is 0.240. The van der Waals surface area contributed by atoms with Crippen LogP contribution in [0.4, 0.5) is 13.2 Å². The Balaban J connectivity index is 1.75. The van der Waals surface area contributed by atoms with Gasteiger partial charge in [0.15, 0.2) is 0 Å². The summed E-state index contributed by atoms with van der Waals surface area (Å²) in [6, 6.07) is 5.60. The van der Waals surface area contributed by atoms with E-state index >= 15 is 0 Å². The third-order valence-corrected chi connectivity index (χ3v) is 3.20. The molecule has 0 aliphatic carbocycles. The molecule has 0 unspecified atom stereocenters. The molecule has 2 aromatic heterocycles. The number of rotatable bonds is 2. The highest BCUT2D eigenvalue weighted by Gasteiger charge is 2.39. The van der Waals surface area contributed by atoms with Crippen molar-refractivity contribution in [1.82, 2.24) is 24.6 Å². The Morgan fingerprint density at radius 2 is 2.00 bits per heavy atom. The Morgan fingerprint density at radius 1 is 1.15 bits per heavy atom. The standard InChI is InChI=1S/C12H12F3N5/c13-12(14,15)11-18-17-10-8-19(5-6-20(10)11)7-9-3-1-2-4-16-9/h1-4H,5-8H2. The van der Waals surface area contributed by atoms with E-state index in [-0.39, 0.29) is 6.54 Å². The summed E-state index contributed by atoms with van der Waals surface area (Å²) in [4.78, 5) is 6.22. The molecule has 0 bridgehead atoms. The van der Waals surface area contributed by atoms with Gasteiger partial charge in [-0.3, -0.25) is 9.88 Å². The lowest BCUT2D eigenvalue weighted by atomic mass is 10.3. The molecule has 0 fully saturated rings. The number of hydrogen-bond donors (Lipinski definition) is 0. The van der Waals surface area contributed by atoms with Crippen molar-refractivity contribution in [1.29, 1.82) is 0 Å². The third kappa shape index (κ3) is 2.51. The van der Waals surface area contributed by atoms with Gasteiger partial charge in [0.2, 0.25) is 5.82 Å². The molecule has 0 saturated carbocycles. The van der Waals surface area contributed by atoms with Crippen LogP contribution in [-0.2, 0) is 25.8 Å². The molecule has 20 heavy (non-hydrogen) atoms. The number of alkyl halides is 3. The zero-order valence-corrected chi connectivity index (χ0v) is 10.5. The van der Waals surface area contributed by atoms with E-state index in [2.05, 4.69) is 15.2 Å². The first kappa shape index (κ1) is 13.0. The van der Waals surface area contributed by atoms with Gasteiger partial charge in [-0.25, -0.2) is 0 Å². The van der Waals surface area contributed by atoms with Gasteiger partial charge in [-0.2, -0.15) is 13.2 Å². The number of nitrogens with zero attached hydrogens (tertiary/aromatic N) is 5. The molecule has 3 heterocycles. The average Bonchev–Trinajstić information content (AvgIpc) is 2.83. The summed E-state index contributed by atoms with van der Waals surface area (Å²) in [5, 5.41) is 6.90. The Labute approximate surface area is 113 Å². The molecular formula is C12H12F3N5. The molecule has 2 aromatic rings. The lowest BCUT2D eigenvalue weighted by Gasteiger charge is -2.27. The van der Waals surface area contributed by atoms with E-state index in [0.717, 1.165) is 10.3 Å². The third-order valence-electron chi connectivity index (χ3n) is 3.20. The van der Waals surface area contributed by atoms with Gasteiger partial charge in [0.05, 0.1) is 12.2 Å². The van der Waals surface area contributed by atoms with Crippen molar-refractivity contribution in [3.05, 3.63) is 41.7 Å². The number of fused-ring (bicyclic) bond motifs is 1. The van der Waals surface area contributed by atoms with Gasteiger partial charge in [0.25, 0.3) is 0 Å². The molecule has 0 spiro atoms. The van der Waals surface area contributed by atoms with Gasteiger partial charge < -0.3 is 4.57 Å². The highest BCUT2D eigenvalue weighted by molar-refractivity contribution is 5.06. The molecule has 1 aliphatic rings. The van der Waals surface area contributed by atoms with Crippen LogP contribution in [0.2, 0.25) is 0 Å². The quantitative estimate of drug-likeness (QED) is 0.841. The van der Waals surface area contributed by atoms with Crippen LogP contribution in [-0.4, -0.2) is 31.2 Å². The first-order valence-corrected chi connectivity index (χ1v) is 6.15. The number of halogens is 3. The van der Waals surface area contributed by atoms with E-state index in [9.17, 15) is 13.2 Å². The first-order chi connectivity index (χ1) is 9.54. The fraction of sp³-hybridized carbons (Fsp3) is 0.417. The Hall–Kier alpha value is -1.96. The zero-order valence-electron chi connectivity index (χ0n) is 10.5. The van der Waals surface area contributed by atoms with Crippen LogP contribution in [0, 0.1) is 0 Å². The smallest absolute Gasteiger partial charge is 0.305 e. The van der Waals surface area contributed by atoms with E-state index in [1.54, 1.807) is 6.20 Å². The molecule has 8 heteroatoms. The maximum Gasteiger partial charge on any atom is 0.451 e. The predicted octanol–water partition coefficient (Wildman–Crippen LogP) is 1.71. The summed E-state index contributed by atoms with van der Waals surface area (Å²) in [6.45, 7) is 1.70. The summed E-state index contributed by atoms with van der Waals surface area (Å²) >= 11 is 0. The normalized spacial score (nSPS) is 16.1. The number of hydrogen-bond acceptors (Lipinski definition) is 4. The summed E-state index contributed by atoms with van der Waals surface area (Å²) in [7, 11) is 0. The fourth-order valence-corrected chi connectivity index (χ4v) is 2.27. The van der Waals surface area contributed by atoms with Crippen LogP contribution in [0.15, 0.2) is 24.4 Å². The van der Waals surface area contributed by atoms with Gasteiger partial charge in [-0.05, 0) is 12.1 Å². The lowest BCUT2D eigenvalue weighted by Crippen LogP contribution is -2.35. The van der Waals surface area contributed by atoms with E-state index in [1.165, 1.54) is 0 Å². The zero-order chi connectivity index (χ0) is 14.2. The largest absolute Gasteiger partial charge is 0.451 e. The number of aromatic nitrogens is 4. The lowest BCUT2D eigenvalue weighted by molar-refractivity contribution is -0.148. The molecule has 0 N–H and O–H groups in total. The van der Waals surface area contributed by atoms with Crippen LogP contribution < -0.4 is 0 Å². The monoisotopic (exact) mass is 283 g/mol. The van der Waals surface area contributed by atoms with Crippen LogP contribution in [0.3, 0.4) is 0 Å². The van der Waals surface area contributed by atoms with E-state index in [0.29, 0.717) is 25.5 Å². The van der Waals surface area contributed by atoms with Crippen molar-refractivity contribution in [2.24, 2.45) is 0 Å². The predicted molar refractivity (Wildman–Crippen MR) is 63.4 cm³/mol. The van der Waals surface area contributed by atoms with Crippen molar-refractivity contribution in [2.75, 3.05) is 6.54 Å². The van der Waals surface area contributed by atoms with E-state index < -0.39 is 12.0 Å². The fourth-order valence-electron chi connectivity index (χ4n) is 2.27. The molecule has 0 aromatic carbocycles. The Morgan fingerprint density at radius 3 is 2.70 bits per heavy atom. The van der Waals surface area contributed by atoms with Gasteiger partial charge >= 0.3 is 6.18 Å². The molecule has 1 aliphatic heterocycles. The molecule has 3 rings (SSSR count). The average molecular weight is 283 g/mol. The first-order valence-electron chi connectivity index (χ1n) is 6.15. The second-order valence-electron chi connectivity index (χ2n) is 4.62. The van der Waals surface area contributed by atoms with Crippen molar-refractivity contribution in [3.63, 3.8) is 0 Å². The van der Waals surface area contributed by atoms with Crippen molar-refractivity contribution in [3.8, 4) is 0 Å². The summed E-state index contributed by atoms with van der Waals surface area (Å²) in [5.41, 5.74) is 0.886. The summed E-state index contributed by atoms with van der Waals surface area (Å²) in [6.07, 6.45) is -2.75. The molecule has 0 atom stereocenters. The Bertz CT molecular complexity index is 593. The van der Waals surface area contributed by atoms with Crippen molar-refractivity contribution >= 4 is 0 Å². The number of pyridine rings is 1. The maximum absolute atomic E-state index is 12.7.